The Morgan fingerprint density at radius 1 is 1.42 bits per heavy atom. The molecule has 0 aliphatic carbocycles. The van der Waals surface area contributed by atoms with Gasteiger partial charge in [-0.25, -0.2) is 10.1 Å². The van der Waals surface area contributed by atoms with E-state index in [1.807, 2.05) is 12.3 Å². The van der Waals surface area contributed by atoms with Gasteiger partial charge >= 0.3 is 0 Å². The fourth-order valence-corrected chi connectivity index (χ4v) is 5.38. The molecule has 2 saturated heterocycles. The molecule has 0 amide bonds. The minimum atomic E-state index is -3.67. The largest absolute Gasteiger partial charge is 0.356 e. The smallest absolute Gasteiger partial charge is 0.276 e. The van der Waals surface area contributed by atoms with Crippen LogP contribution in [0.4, 0.5) is 5.82 Å². The molecule has 144 valence electrons. The molecular formula is C17H28N6O2S. The lowest BCUT2D eigenvalue weighted by atomic mass is 9.66. The van der Waals surface area contributed by atoms with Gasteiger partial charge in [-0.3, -0.25) is 4.99 Å². The molecule has 1 aromatic heterocycles. The van der Waals surface area contributed by atoms with Crippen molar-refractivity contribution in [1.82, 2.24) is 14.2 Å². The second-order valence-electron chi connectivity index (χ2n) is 7.24. The van der Waals surface area contributed by atoms with Gasteiger partial charge in [-0.1, -0.05) is 6.92 Å². The molecule has 0 aromatic carbocycles. The monoisotopic (exact) mass is 380 g/mol. The van der Waals surface area contributed by atoms with Crippen molar-refractivity contribution in [2.75, 3.05) is 33.2 Å². The van der Waals surface area contributed by atoms with Gasteiger partial charge in [0.1, 0.15) is 11.7 Å². The molecular weight excluding hydrogens is 352 g/mol. The number of hydrogen-bond acceptors (Lipinski definition) is 4. The highest BCUT2D eigenvalue weighted by Crippen LogP contribution is 2.45. The van der Waals surface area contributed by atoms with E-state index in [2.05, 4.69) is 33.5 Å². The van der Waals surface area contributed by atoms with Crippen molar-refractivity contribution in [1.29, 1.82) is 0 Å². The number of nitrogens with one attached hydrogen (secondary N) is 1. The Hall–Kier alpha value is -1.71. The normalized spacial score (nSPS) is 28.0. The van der Waals surface area contributed by atoms with Crippen LogP contribution in [0.5, 0.6) is 0 Å². The highest BCUT2D eigenvalue weighted by Gasteiger charge is 2.48. The zero-order valence-electron chi connectivity index (χ0n) is 15.5. The van der Waals surface area contributed by atoms with Crippen LogP contribution in [0, 0.1) is 11.3 Å². The molecule has 2 aliphatic rings. The van der Waals surface area contributed by atoms with Crippen molar-refractivity contribution >= 4 is 28.6 Å². The lowest BCUT2D eigenvalue weighted by molar-refractivity contribution is 0.00226. The van der Waals surface area contributed by atoms with Gasteiger partial charge in [0.15, 0.2) is 0 Å². The maximum atomic E-state index is 11.9. The summed E-state index contributed by atoms with van der Waals surface area (Å²) in [7, 11) is -1.89. The molecule has 8 nitrogen and oxygen atoms in total. The van der Waals surface area contributed by atoms with Crippen molar-refractivity contribution < 1.29 is 8.42 Å². The Bertz CT molecular complexity index is 802. The van der Waals surface area contributed by atoms with Crippen LogP contribution in [0.25, 0.3) is 0 Å². The standard InChI is InChI=1S/C17H28N6O2S/c1-4-17-11-22(16(20-3)14-5-8-21-15(14)19-2)9-6-13(17)7-10-23(12-17)26(18,24)25/h5,8,13,21H,2,4,6-7,9-12H2,1,3H3,(H2,18,24,25)/b20-16+/t13-,17+/m1/s1. The van der Waals surface area contributed by atoms with Crippen LogP contribution in [0.1, 0.15) is 31.7 Å². The minimum absolute atomic E-state index is 0.114. The number of piperidine rings is 2. The number of fused-ring (bicyclic) bond motifs is 1. The first kappa shape index (κ1) is 19.1. The second-order valence-corrected chi connectivity index (χ2v) is 8.78. The van der Waals surface area contributed by atoms with E-state index in [0.29, 0.717) is 24.8 Å². The van der Waals surface area contributed by atoms with Crippen LogP contribution < -0.4 is 5.14 Å². The molecule has 2 aliphatic heterocycles. The third-order valence-corrected chi connectivity index (χ3v) is 7.07. The predicted molar refractivity (Wildman–Crippen MR) is 104 cm³/mol. The Morgan fingerprint density at radius 2 is 2.15 bits per heavy atom. The summed E-state index contributed by atoms with van der Waals surface area (Å²) in [6, 6.07) is 1.95. The van der Waals surface area contributed by atoms with E-state index >= 15 is 0 Å². The van der Waals surface area contributed by atoms with E-state index in [9.17, 15) is 8.42 Å². The van der Waals surface area contributed by atoms with Gasteiger partial charge in [0.2, 0.25) is 0 Å². The van der Waals surface area contributed by atoms with Crippen LogP contribution in [0.2, 0.25) is 0 Å². The maximum absolute atomic E-state index is 11.9. The van der Waals surface area contributed by atoms with Crippen molar-refractivity contribution in [3.05, 3.63) is 17.8 Å². The number of rotatable bonds is 4. The Kier molecular flexibility index (Phi) is 5.23. The fourth-order valence-electron chi connectivity index (χ4n) is 4.58. The fraction of sp³-hybridized carbons (Fsp3) is 0.647. The lowest BCUT2D eigenvalue weighted by Gasteiger charge is -2.53. The third-order valence-electron chi connectivity index (χ3n) is 6.04. The Labute approximate surface area is 155 Å². The first-order valence-corrected chi connectivity index (χ1v) is 10.5. The number of aliphatic imine (C=N–C) groups is 2. The van der Waals surface area contributed by atoms with Crippen LogP contribution in [0.3, 0.4) is 0 Å². The summed E-state index contributed by atoms with van der Waals surface area (Å²) in [6.45, 7) is 8.40. The molecule has 0 bridgehead atoms. The van der Waals surface area contributed by atoms with Crippen molar-refractivity contribution in [2.24, 2.45) is 26.5 Å². The lowest BCUT2D eigenvalue weighted by Crippen LogP contribution is -2.60. The summed E-state index contributed by atoms with van der Waals surface area (Å²) in [5, 5.41) is 5.42. The van der Waals surface area contributed by atoms with Gasteiger partial charge in [0.05, 0.1) is 5.56 Å². The quantitative estimate of drug-likeness (QED) is 0.608. The summed E-state index contributed by atoms with van der Waals surface area (Å²) in [6.07, 6.45) is 4.61. The van der Waals surface area contributed by atoms with Gasteiger partial charge in [-0.05, 0) is 38.0 Å². The topological polar surface area (TPSA) is 107 Å². The van der Waals surface area contributed by atoms with Crippen LogP contribution >= 0.6 is 0 Å². The zero-order chi connectivity index (χ0) is 18.9. The maximum Gasteiger partial charge on any atom is 0.276 e. The SMILES string of the molecule is C=Nc1[nH]ccc1/C(=N\C)N1CC[C@@H]2CCN(S(N)(=O)=O)C[C@]2(CC)C1. The van der Waals surface area contributed by atoms with Crippen LogP contribution in [-0.4, -0.2) is 68.4 Å². The average molecular weight is 381 g/mol. The molecule has 26 heavy (non-hydrogen) atoms. The van der Waals surface area contributed by atoms with Gasteiger partial charge < -0.3 is 9.88 Å². The summed E-state index contributed by atoms with van der Waals surface area (Å²) >= 11 is 0. The Morgan fingerprint density at radius 3 is 2.77 bits per heavy atom. The summed E-state index contributed by atoms with van der Waals surface area (Å²) in [5.41, 5.74) is 0.808. The van der Waals surface area contributed by atoms with Gasteiger partial charge in [-0.15, -0.1) is 0 Å². The van der Waals surface area contributed by atoms with E-state index in [-0.39, 0.29) is 5.41 Å². The Balaban J connectivity index is 1.90. The van der Waals surface area contributed by atoms with E-state index in [1.165, 1.54) is 4.31 Å². The zero-order valence-corrected chi connectivity index (χ0v) is 16.3. The molecule has 2 atom stereocenters. The minimum Gasteiger partial charge on any atom is -0.356 e. The van der Waals surface area contributed by atoms with Gasteiger partial charge in [-0.2, -0.15) is 12.7 Å². The molecule has 0 unspecified atom stereocenters. The van der Waals surface area contributed by atoms with Gasteiger partial charge in [0.25, 0.3) is 10.2 Å². The molecule has 3 heterocycles. The summed E-state index contributed by atoms with van der Waals surface area (Å²) in [4.78, 5) is 13.9. The predicted octanol–water partition coefficient (Wildman–Crippen LogP) is 1.35. The molecule has 0 spiro atoms. The number of H-pyrrole nitrogens is 1. The number of nitrogens with zero attached hydrogens (tertiary/aromatic N) is 4. The number of nitrogens with two attached hydrogens (primary N) is 1. The van der Waals surface area contributed by atoms with Crippen molar-refractivity contribution in [3.8, 4) is 0 Å². The molecule has 0 saturated carbocycles. The molecule has 1 aromatic rings. The second kappa shape index (κ2) is 7.13. The first-order chi connectivity index (χ1) is 12.3. The molecule has 9 heteroatoms. The van der Waals surface area contributed by atoms with E-state index in [1.54, 1.807) is 7.05 Å². The highest BCUT2D eigenvalue weighted by atomic mass is 32.2. The first-order valence-electron chi connectivity index (χ1n) is 8.98. The van der Waals surface area contributed by atoms with E-state index in [4.69, 9.17) is 5.14 Å². The van der Waals surface area contributed by atoms with Crippen molar-refractivity contribution in [2.45, 2.75) is 26.2 Å². The van der Waals surface area contributed by atoms with Crippen LogP contribution in [-0.2, 0) is 10.2 Å². The highest BCUT2D eigenvalue weighted by molar-refractivity contribution is 7.86. The summed E-state index contributed by atoms with van der Waals surface area (Å²) in [5.74, 6) is 2.07. The molecule has 2 fully saturated rings. The van der Waals surface area contributed by atoms with Crippen LogP contribution in [0.15, 0.2) is 22.2 Å². The number of aromatic amines is 1. The summed E-state index contributed by atoms with van der Waals surface area (Å²) < 4.78 is 25.2. The number of hydrogen-bond donors (Lipinski definition) is 2. The molecule has 3 rings (SSSR count). The van der Waals surface area contributed by atoms with E-state index in [0.717, 1.165) is 43.8 Å². The number of likely N-dealkylation sites (tertiary alicyclic amines) is 1. The third kappa shape index (κ3) is 3.30. The van der Waals surface area contributed by atoms with Crippen molar-refractivity contribution in [3.63, 3.8) is 0 Å². The molecule has 0 radical (unpaired) electrons. The van der Waals surface area contributed by atoms with E-state index < -0.39 is 10.2 Å². The number of amidine groups is 1. The molecule has 3 N–H and O–H groups in total. The average Bonchev–Trinajstić information content (AvgIpc) is 3.09. The number of aromatic nitrogens is 1. The van der Waals surface area contributed by atoms with Gasteiger partial charge in [0, 0.05) is 44.8 Å².